The maximum absolute atomic E-state index is 12.8. The van der Waals surface area contributed by atoms with Crippen LogP contribution >= 0.6 is 0 Å². The molecule has 2 unspecified atom stereocenters. The summed E-state index contributed by atoms with van der Waals surface area (Å²) in [5.74, 6) is 0.925. The zero-order valence-corrected chi connectivity index (χ0v) is 16.3. The van der Waals surface area contributed by atoms with Gasteiger partial charge in [0.05, 0.1) is 18.8 Å². The molecule has 1 aliphatic heterocycles. The summed E-state index contributed by atoms with van der Waals surface area (Å²) >= 11 is 0. The Balaban J connectivity index is 1.52. The third-order valence-electron chi connectivity index (χ3n) is 4.97. The molecule has 1 saturated heterocycles. The van der Waals surface area contributed by atoms with Gasteiger partial charge in [0.2, 0.25) is 11.8 Å². The Bertz CT molecular complexity index is 963. The SMILES string of the molecule is Cc1ccc(-c2nnc(-c3ccc(C(=O)N4CC(C)OCC4C)cc3)o2)cc1. The zero-order chi connectivity index (χ0) is 19.7. The van der Waals surface area contributed by atoms with E-state index < -0.39 is 0 Å². The third-order valence-corrected chi connectivity index (χ3v) is 4.97. The molecule has 6 nitrogen and oxygen atoms in total. The fourth-order valence-electron chi connectivity index (χ4n) is 3.26. The van der Waals surface area contributed by atoms with E-state index in [1.165, 1.54) is 5.56 Å². The van der Waals surface area contributed by atoms with Gasteiger partial charge >= 0.3 is 0 Å². The lowest BCUT2D eigenvalue weighted by molar-refractivity contribution is -0.0387. The van der Waals surface area contributed by atoms with Crippen molar-refractivity contribution in [2.75, 3.05) is 13.2 Å². The smallest absolute Gasteiger partial charge is 0.254 e. The molecule has 144 valence electrons. The number of carbonyl (C=O) groups excluding carboxylic acids is 1. The first-order valence-electron chi connectivity index (χ1n) is 9.45. The standard InChI is InChI=1S/C22H23N3O3/c1-14-4-6-17(7-5-14)20-23-24-21(28-20)18-8-10-19(11-9-18)22(26)25-12-16(3)27-13-15(25)2/h4-11,15-16H,12-13H2,1-3H3. The summed E-state index contributed by atoms with van der Waals surface area (Å²) in [5.41, 5.74) is 3.48. The first-order chi connectivity index (χ1) is 13.5. The Kier molecular flexibility index (Phi) is 4.96. The van der Waals surface area contributed by atoms with Gasteiger partial charge in [-0.3, -0.25) is 4.79 Å². The summed E-state index contributed by atoms with van der Waals surface area (Å²) in [6.07, 6.45) is 0.0537. The summed E-state index contributed by atoms with van der Waals surface area (Å²) in [4.78, 5) is 14.7. The number of hydrogen-bond donors (Lipinski definition) is 0. The van der Waals surface area contributed by atoms with Gasteiger partial charge in [0.1, 0.15) is 0 Å². The van der Waals surface area contributed by atoms with Crippen molar-refractivity contribution in [3.8, 4) is 22.9 Å². The molecular weight excluding hydrogens is 354 g/mol. The van der Waals surface area contributed by atoms with Crippen molar-refractivity contribution in [1.82, 2.24) is 15.1 Å². The molecule has 3 aromatic rings. The van der Waals surface area contributed by atoms with Crippen LogP contribution in [0.5, 0.6) is 0 Å². The summed E-state index contributed by atoms with van der Waals surface area (Å²) < 4.78 is 11.4. The van der Waals surface area contributed by atoms with E-state index in [-0.39, 0.29) is 18.1 Å². The average Bonchev–Trinajstić information content (AvgIpc) is 3.20. The highest BCUT2D eigenvalue weighted by Crippen LogP contribution is 2.25. The Labute approximate surface area is 164 Å². The van der Waals surface area contributed by atoms with Crippen molar-refractivity contribution in [1.29, 1.82) is 0 Å². The van der Waals surface area contributed by atoms with Gasteiger partial charge in [0, 0.05) is 23.2 Å². The summed E-state index contributed by atoms with van der Waals surface area (Å²) in [6.45, 7) is 7.18. The number of rotatable bonds is 3. The first kappa shape index (κ1) is 18.4. The second-order valence-electron chi connectivity index (χ2n) is 7.31. The molecule has 1 amide bonds. The minimum Gasteiger partial charge on any atom is -0.416 e. The van der Waals surface area contributed by atoms with E-state index >= 15 is 0 Å². The van der Waals surface area contributed by atoms with Crippen LogP contribution < -0.4 is 0 Å². The zero-order valence-electron chi connectivity index (χ0n) is 16.3. The van der Waals surface area contributed by atoms with E-state index in [0.717, 1.165) is 11.1 Å². The average molecular weight is 377 g/mol. The molecular formula is C22H23N3O3. The molecule has 4 rings (SSSR count). The highest BCUT2D eigenvalue weighted by Gasteiger charge is 2.28. The monoisotopic (exact) mass is 377 g/mol. The van der Waals surface area contributed by atoms with Crippen molar-refractivity contribution in [3.63, 3.8) is 0 Å². The molecule has 2 aromatic carbocycles. The predicted octanol–water partition coefficient (Wildman–Crippen LogP) is 3.96. The second kappa shape index (κ2) is 7.56. The molecule has 28 heavy (non-hydrogen) atoms. The van der Waals surface area contributed by atoms with Crippen LogP contribution in [0.15, 0.2) is 52.9 Å². The van der Waals surface area contributed by atoms with E-state index in [1.807, 2.05) is 62.1 Å². The second-order valence-corrected chi connectivity index (χ2v) is 7.31. The Morgan fingerprint density at radius 1 is 0.964 bits per heavy atom. The number of carbonyl (C=O) groups is 1. The molecule has 0 N–H and O–H groups in total. The first-order valence-corrected chi connectivity index (χ1v) is 9.45. The van der Waals surface area contributed by atoms with Crippen LogP contribution in [0.4, 0.5) is 0 Å². The summed E-state index contributed by atoms with van der Waals surface area (Å²) in [5, 5.41) is 8.28. The molecule has 0 bridgehead atoms. The topological polar surface area (TPSA) is 68.5 Å². The Morgan fingerprint density at radius 3 is 2.14 bits per heavy atom. The summed E-state index contributed by atoms with van der Waals surface area (Å²) in [6, 6.07) is 15.3. The number of nitrogens with zero attached hydrogens (tertiary/aromatic N) is 3. The molecule has 2 atom stereocenters. The minimum absolute atomic E-state index is 0.0140. The molecule has 0 aliphatic carbocycles. The number of morpholine rings is 1. The molecule has 0 radical (unpaired) electrons. The molecule has 1 aliphatic rings. The van der Waals surface area contributed by atoms with Gasteiger partial charge in [-0.05, 0) is 57.2 Å². The van der Waals surface area contributed by atoms with Gasteiger partial charge in [-0.25, -0.2) is 0 Å². The minimum atomic E-state index is 0.0140. The van der Waals surface area contributed by atoms with Gasteiger partial charge < -0.3 is 14.1 Å². The quantitative estimate of drug-likeness (QED) is 0.691. The molecule has 1 aromatic heterocycles. The van der Waals surface area contributed by atoms with Crippen LogP contribution in [-0.4, -0.2) is 46.3 Å². The fourth-order valence-corrected chi connectivity index (χ4v) is 3.26. The van der Waals surface area contributed by atoms with Gasteiger partial charge in [-0.15, -0.1) is 10.2 Å². The Morgan fingerprint density at radius 2 is 1.54 bits per heavy atom. The van der Waals surface area contributed by atoms with Crippen LogP contribution in [0.3, 0.4) is 0 Å². The van der Waals surface area contributed by atoms with Crippen LogP contribution in [0.2, 0.25) is 0 Å². The number of amides is 1. The molecule has 0 spiro atoms. The predicted molar refractivity (Wildman–Crippen MR) is 106 cm³/mol. The molecule has 1 fully saturated rings. The summed E-state index contributed by atoms with van der Waals surface area (Å²) in [7, 11) is 0. The lowest BCUT2D eigenvalue weighted by Crippen LogP contribution is -2.50. The van der Waals surface area contributed by atoms with Crippen molar-refractivity contribution in [2.24, 2.45) is 0 Å². The number of benzene rings is 2. The number of aryl methyl sites for hydroxylation is 1. The van der Waals surface area contributed by atoms with Crippen LogP contribution in [0.1, 0.15) is 29.8 Å². The normalized spacial score (nSPS) is 19.6. The van der Waals surface area contributed by atoms with Gasteiger partial charge in [0.15, 0.2) is 0 Å². The van der Waals surface area contributed by atoms with Gasteiger partial charge in [0.25, 0.3) is 5.91 Å². The van der Waals surface area contributed by atoms with Crippen LogP contribution in [0.25, 0.3) is 22.9 Å². The van der Waals surface area contributed by atoms with Crippen molar-refractivity contribution >= 4 is 5.91 Å². The molecule has 2 heterocycles. The van der Waals surface area contributed by atoms with Crippen molar-refractivity contribution in [3.05, 3.63) is 59.7 Å². The maximum Gasteiger partial charge on any atom is 0.254 e. The number of ether oxygens (including phenoxy) is 1. The van der Waals surface area contributed by atoms with Crippen molar-refractivity contribution in [2.45, 2.75) is 32.9 Å². The lowest BCUT2D eigenvalue weighted by Gasteiger charge is -2.36. The van der Waals surface area contributed by atoms with E-state index in [4.69, 9.17) is 9.15 Å². The van der Waals surface area contributed by atoms with Crippen molar-refractivity contribution < 1.29 is 13.9 Å². The highest BCUT2D eigenvalue weighted by molar-refractivity contribution is 5.95. The van der Waals surface area contributed by atoms with Crippen LogP contribution in [-0.2, 0) is 4.74 Å². The van der Waals surface area contributed by atoms with Crippen LogP contribution in [0, 0.1) is 6.92 Å². The van der Waals surface area contributed by atoms with Gasteiger partial charge in [-0.2, -0.15) is 0 Å². The number of aromatic nitrogens is 2. The molecule has 6 heteroatoms. The highest BCUT2D eigenvalue weighted by atomic mass is 16.5. The lowest BCUT2D eigenvalue weighted by atomic mass is 10.1. The third kappa shape index (κ3) is 3.68. The molecule has 0 saturated carbocycles. The maximum atomic E-state index is 12.8. The number of hydrogen-bond acceptors (Lipinski definition) is 5. The van der Waals surface area contributed by atoms with E-state index in [1.54, 1.807) is 12.1 Å². The fraction of sp³-hybridized carbons (Fsp3) is 0.318. The largest absolute Gasteiger partial charge is 0.416 e. The van der Waals surface area contributed by atoms with E-state index in [2.05, 4.69) is 10.2 Å². The van der Waals surface area contributed by atoms with Gasteiger partial charge in [-0.1, -0.05) is 17.7 Å². The van der Waals surface area contributed by atoms with E-state index in [0.29, 0.717) is 30.5 Å². The Hall–Kier alpha value is -2.99. The van der Waals surface area contributed by atoms with E-state index in [9.17, 15) is 4.79 Å².